The highest BCUT2D eigenvalue weighted by molar-refractivity contribution is 5.93. The molecule has 2 heteroatoms. The number of carbonyl (C=O) groups excluding carboxylic acids is 1. The summed E-state index contributed by atoms with van der Waals surface area (Å²) in [5, 5.41) is 10.8. The van der Waals surface area contributed by atoms with Gasteiger partial charge >= 0.3 is 0 Å². The van der Waals surface area contributed by atoms with Crippen molar-refractivity contribution >= 4 is 5.78 Å². The Balaban J connectivity index is 1.75. The fourth-order valence-electron chi connectivity index (χ4n) is 6.86. The van der Waals surface area contributed by atoms with Crippen LogP contribution in [0.25, 0.3) is 0 Å². The minimum absolute atomic E-state index is 0.0712. The zero-order valence-electron chi connectivity index (χ0n) is 15.2. The van der Waals surface area contributed by atoms with Crippen LogP contribution in [-0.2, 0) is 4.79 Å². The molecule has 2 fully saturated rings. The predicted octanol–water partition coefficient (Wildman–Crippen LogP) is 4.46. The van der Waals surface area contributed by atoms with Crippen molar-refractivity contribution in [3.63, 3.8) is 0 Å². The zero-order valence-corrected chi connectivity index (χ0v) is 15.2. The molecule has 2 nitrogen and oxygen atoms in total. The predicted molar refractivity (Wildman–Crippen MR) is 96.3 cm³/mol. The summed E-state index contributed by atoms with van der Waals surface area (Å²) >= 11 is 0. The van der Waals surface area contributed by atoms with Crippen LogP contribution >= 0.6 is 0 Å². The van der Waals surface area contributed by atoms with Crippen molar-refractivity contribution in [2.75, 3.05) is 0 Å². The van der Waals surface area contributed by atoms with Gasteiger partial charge in [0, 0.05) is 11.8 Å². The molecule has 4 rings (SSSR count). The molecule has 0 aromatic rings. The van der Waals surface area contributed by atoms with Gasteiger partial charge in [-0.25, -0.2) is 0 Å². The van der Waals surface area contributed by atoms with Gasteiger partial charge in [-0.3, -0.25) is 4.79 Å². The summed E-state index contributed by atoms with van der Waals surface area (Å²) in [6.45, 7) is 11.1. The average Bonchev–Trinajstić information content (AvgIpc) is 2.86. The van der Waals surface area contributed by atoms with E-state index in [4.69, 9.17) is 0 Å². The molecule has 1 unspecified atom stereocenters. The van der Waals surface area contributed by atoms with Crippen molar-refractivity contribution in [2.24, 2.45) is 34.5 Å². The third kappa shape index (κ3) is 1.95. The van der Waals surface area contributed by atoms with Crippen molar-refractivity contribution in [2.45, 2.75) is 59.0 Å². The normalized spacial score (nSPS) is 49.9. The number of aliphatic hydroxyl groups excluding tert-OH is 1. The first-order valence-electron chi connectivity index (χ1n) is 9.55. The lowest BCUT2D eigenvalue weighted by Gasteiger charge is -2.57. The second-order valence-electron chi connectivity index (χ2n) is 9.24. The minimum atomic E-state index is -0.537. The molecule has 1 N–H and O–H groups in total. The Labute approximate surface area is 145 Å². The second-order valence-corrected chi connectivity index (χ2v) is 9.24. The highest BCUT2D eigenvalue weighted by Crippen LogP contribution is 2.65. The molecule has 0 bridgehead atoms. The molecule has 4 aliphatic carbocycles. The van der Waals surface area contributed by atoms with E-state index < -0.39 is 6.10 Å². The molecule has 0 aromatic heterocycles. The standard InChI is InChI=1S/C22H30O2/c1-13(2)17-7-8-18-16-6-5-14-11-15(23)12-20(24)22(14,4)19(16)9-10-21(17,18)3/h5-6,11,16-20,24H,1,7-10,12H2,2-4H3/t16-,17+,18-,19-,20?,21+,22-/m0/s1. The van der Waals surface area contributed by atoms with Crippen LogP contribution in [0.2, 0.25) is 0 Å². The number of carbonyl (C=O) groups is 1. The Morgan fingerprint density at radius 2 is 2.00 bits per heavy atom. The van der Waals surface area contributed by atoms with Gasteiger partial charge in [-0.1, -0.05) is 38.2 Å². The number of fused-ring (bicyclic) bond motifs is 5. The van der Waals surface area contributed by atoms with Crippen molar-refractivity contribution in [1.82, 2.24) is 0 Å². The van der Waals surface area contributed by atoms with Crippen LogP contribution in [0.5, 0.6) is 0 Å². The lowest BCUT2D eigenvalue weighted by atomic mass is 9.48. The van der Waals surface area contributed by atoms with Crippen LogP contribution in [0.4, 0.5) is 0 Å². The largest absolute Gasteiger partial charge is 0.392 e. The van der Waals surface area contributed by atoms with E-state index in [1.807, 2.05) is 0 Å². The Bertz CT molecular complexity index is 657. The van der Waals surface area contributed by atoms with Crippen LogP contribution in [0, 0.1) is 34.5 Å². The number of hydrogen-bond donors (Lipinski definition) is 1. The van der Waals surface area contributed by atoms with Crippen molar-refractivity contribution in [3.05, 3.63) is 36.0 Å². The molecule has 0 aliphatic heterocycles. The van der Waals surface area contributed by atoms with Crippen LogP contribution < -0.4 is 0 Å². The lowest BCUT2D eigenvalue weighted by Crippen LogP contribution is -2.53. The number of aliphatic hydroxyl groups is 1. The first kappa shape index (κ1) is 16.3. The van der Waals surface area contributed by atoms with E-state index in [1.165, 1.54) is 24.8 Å². The van der Waals surface area contributed by atoms with Gasteiger partial charge in [-0.2, -0.15) is 0 Å². The van der Waals surface area contributed by atoms with Gasteiger partial charge in [-0.15, -0.1) is 0 Å². The van der Waals surface area contributed by atoms with E-state index in [9.17, 15) is 9.90 Å². The van der Waals surface area contributed by atoms with Crippen molar-refractivity contribution < 1.29 is 9.90 Å². The Morgan fingerprint density at radius 1 is 1.25 bits per heavy atom. The molecule has 130 valence electrons. The summed E-state index contributed by atoms with van der Waals surface area (Å²) in [6.07, 6.45) is 10.9. The molecule has 0 radical (unpaired) electrons. The maximum absolute atomic E-state index is 11.9. The maximum Gasteiger partial charge on any atom is 0.158 e. The van der Waals surface area contributed by atoms with Crippen molar-refractivity contribution in [3.8, 4) is 0 Å². The maximum atomic E-state index is 11.9. The highest BCUT2D eigenvalue weighted by atomic mass is 16.3. The summed E-state index contributed by atoms with van der Waals surface area (Å²) in [4.78, 5) is 11.9. The summed E-state index contributed by atoms with van der Waals surface area (Å²) in [5.41, 5.74) is 2.50. The average molecular weight is 326 g/mol. The Hall–Kier alpha value is -1.15. The van der Waals surface area contributed by atoms with Gasteiger partial charge in [0.15, 0.2) is 5.78 Å². The second kappa shape index (κ2) is 5.17. The van der Waals surface area contributed by atoms with Crippen molar-refractivity contribution in [1.29, 1.82) is 0 Å². The van der Waals surface area contributed by atoms with Crippen LogP contribution in [0.3, 0.4) is 0 Å². The SMILES string of the molecule is C=C(C)[C@H]1CC[C@H]2[C@@H]3C=CC4=CC(=O)CC(O)[C@]4(C)[C@H]3CC[C@]12C. The molecule has 7 atom stereocenters. The molecule has 0 aromatic carbocycles. The minimum Gasteiger partial charge on any atom is -0.392 e. The van der Waals surface area contributed by atoms with Gasteiger partial charge < -0.3 is 5.11 Å². The molecule has 0 amide bonds. The monoisotopic (exact) mass is 326 g/mol. The van der Waals surface area contributed by atoms with E-state index in [1.54, 1.807) is 6.08 Å². The number of hydrogen-bond acceptors (Lipinski definition) is 2. The van der Waals surface area contributed by atoms with Gasteiger partial charge in [-0.05, 0) is 73.3 Å². The smallest absolute Gasteiger partial charge is 0.158 e. The topological polar surface area (TPSA) is 37.3 Å². The molecule has 2 saturated carbocycles. The van der Waals surface area contributed by atoms with E-state index in [0.717, 1.165) is 12.0 Å². The van der Waals surface area contributed by atoms with Gasteiger partial charge in [0.25, 0.3) is 0 Å². The zero-order chi connectivity index (χ0) is 17.3. The molecule has 0 saturated heterocycles. The van der Waals surface area contributed by atoms with Crippen LogP contribution in [0.15, 0.2) is 36.0 Å². The first-order chi connectivity index (χ1) is 11.3. The summed E-state index contributed by atoms with van der Waals surface area (Å²) in [5.74, 6) is 2.37. The quantitative estimate of drug-likeness (QED) is 0.723. The number of rotatable bonds is 1. The third-order valence-corrected chi connectivity index (χ3v) is 8.22. The molecular weight excluding hydrogens is 296 g/mol. The van der Waals surface area contributed by atoms with E-state index in [0.29, 0.717) is 29.1 Å². The number of ketones is 1. The third-order valence-electron chi connectivity index (χ3n) is 8.22. The van der Waals surface area contributed by atoms with Gasteiger partial charge in [0.2, 0.25) is 0 Å². The van der Waals surface area contributed by atoms with E-state index >= 15 is 0 Å². The molecule has 24 heavy (non-hydrogen) atoms. The van der Waals surface area contributed by atoms with E-state index in [2.05, 4.69) is 39.5 Å². The highest BCUT2D eigenvalue weighted by Gasteiger charge is 2.59. The summed E-state index contributed by atoms with van der Waals surface area (Å²) in [6, 6.07) is 0. The summed E-state index contributed by atoms with van der Waals surface area (Å²) in [7, 11) is 0. The van der Waals surface area contributed by atoms with Crippen LogP contribution in [0.1, 0.15) is 52.9 Å². The molecule has 4 aliphatic rings. The summed E-state index contributed by atoms with van der Waals surface area (Å²) < 4.78 is 0. The van der Waals surface area contributed by atoms with Gasteiger partial charge in [0.05, 0.1) is 6.10 Å². The Morgan fingerprint density at radius 3 is 2.71 bits per heavy atom. The van der Waals surface area contributed by atoms with Gasteiger partial charge in [0.1, 0.15) is 0 Å². The Kier molecular flexibility index (Phi) is 3.52. The fourth-order valence-corrected chi connectivity index (χ4v) is 6.86. The van der Waals surface area contributed by atoms with Crippen LogP contribution in [-0.4, -0.2) is 17.0 Å². The number of allylic oxidation sites excluding steroid dienone is 4. The fraction of sp³-hybridized carbons (Fsp3) is 0.682. The molecular formula is C22H30O2. The molecule has 0 spiro atoms. The van der Waals surface area contributed by atoms with E-state index in [-0.39, 0.29) is 17.6 Å². The first-order valence-corrected chi connectivity index (χ1v) is 9.55. The molecule has 0 heterocycles. The lowest BCUT2D eigenvalue weighted by molar-refractivity contribution is -0.123.